The molecule has 1 fully saturated rings. The first kappa shape index (κ1) is 16.0. The molecule has 1 aliphatic rings. The predicted molar refractivity (Wildman–Crippen MR) is 80.2 cm³/mol. The Labute approximate surface area is 129 Å². The average Bonchev–Trinajstić information content (AvgIpc) is 2.40. The van der Waals surface area contributed by atoms with E-state index in [2.05, 4.69) is 19.2 Å². The Morgan fingerprint density at radius 2 is 2.10 bits per heavy atom. The monoisotopic (exact) mass is 314 g/mol. The predicted octanol–water partition coefficient (Wildman–Crippen LogP) is 2.46. The van der Waals surface area contributed by atoms with Crippen molar-refractivity contribution in [1.29, 1.82) is 0 Å². The summed E-state index contributed by atoms with van der Waals surface area (Å²) in [6.07, 6.45) is 0.285. The fourth-order valence-electron chi connectivity index (χ4n) is 2.53. The van der Waals surface area contributed by atoms with Gasteiger partial charge in [0.15, 0.2) is 0 Å². The van der Waals surface area contributed by atoms with E-state index in [1.54, 1.807) is 0 Å². The van der Waals surface area contributed by atoms with Gasteiger partial charge in [0.1, 0.15) is 11.6 Å². The summed E-state index contributed by atoms with van der Waals surface area (Å²) in [5.74, 6) is 0.0496. The van der Waals surface area contributed by atoms with Gasteiger partial charge in [-0.15, -0.1) is 0 Å². The van der Waals surface area contributed by atoms with Crippen molar-refractivity contribution in [2.24, 2.45) is 0 Å². The van der Waals surface area contributed by atoms with E-state index in [0.717, 1.165) is 0 Å². The molecule has 1 saturated heterocycles. The van der Waals surface area contributed by atoms with E-state index in [0.29, 0.717) is 30.9 Å². The normalized spacial score (nSPS) is 22.2. The quantitative estimate of drug-likeness (QED) is 0.928. The van der Waals surface area contributed by atoms with Crippen LogP contribution in [0.4, 0.5) is 4.39 Å². The number of piperazine rings is 1. The molecule has 0 saturated carbocycles. The third-order valence-electron chi connectivity index (χ3n) is 3.38. The van der Waals surface area contributed by atoms with E-state index in [1.807, 2.05) is 4.90 Å². The van der Waals surface area contributed by atoms with Gasteiger partial charge >= 0.3 is 0 Å². The van der Waals surface area contributed by atoms with Crippen molar-refractivity contribution in [1.82, 2.24) is 10.2 Å². The molecule has 21 heavy (non-hydrogen) atoms. The number of hydrogen-bond acceptors (Lipinski definition) is 3. The number of halogens is 2. The molecule has 4 nitrogen and oxygen atoms in total. The Hall–Kier alpha value is -1.33. The highest BCUT2D eigenvalue weighted by Crippen LogP contribution is 2.24. The van der Waals surface area contributed by atoms with Gasteiger partial charge in [-0.1, -0.05) is 11.6 Å². The molecule has 0 radical (unpaired) electrons. The van der Waals surface area contributed by atoms with E-state index < -0.39 is 5.82 Å². The van der Waals surface area contributed by atoms with Crippen LogP contribution in [-0.4, -0.2) is 42.6 Å². The minimum atomic E-state index is -0.410. The van der Waals surface area contributed by atoms with Gasteiger partial charge in [0.25, 0.3) is 0 Å². The molecule has 1 aromatic rings. The second-order valence-corrected chi connectivity index (χ2v) is 5.85. The summed E-state index contributed by atoms with van der Waals surface area (Å²) in [4.78, 5) is 14.0. The van der Waals surface area contributed by atoms with Gasteiger partial charge in [-0.05, 0) is 32.0 Å². The van der Waals surface area contributed by atoms with E-state index in [1.165, 1.54) is 18.2 Å². The number of rotatable bonds is 4. The molecule has 6 heteroatoms. The van der Waals surface area contributed by atoms with Crippen molar-refractivity contribution in [2.45, 2.75) is 32.4 Å². The van der Waals surface area contributed by atoms with E-state index in [4.69, 9.17) is 16.3 Å². The largest absolute Gasteiger partial charge is 0.491 e. The highest BCUT2D eigenvalue weighted by molar-refractivity contribution is 6.32. The third-order valence-corrected chi connectivity index (χ3v) is 3.67. The number of benzene rings is 1. The van der Waals surface area contributed by atoms with Crippen LogP contribution in [0, 0.1) is 5.82 Å². The fourth-order valence-corrected chi connectivity index (χ4v) is 2.75. The molecule has 0 aromatic heterocycles. The zero-order valence-corrected chi connectivity index (χ0v) is 13.0. The van der Waals surface area contributed by atoms with Crippen molar-refractivity contribution in [3.63, 3.8) is 0 Å². The summed E-state index contributed by atoms with van der Waals surface area (Å²) < 4.78 is 18.4. The van der Waals surface area contributed by atoms with Crippen LogP contribution in [0.2, 0.25) is 5.02 Å². The second-order valence-electron chi connectivity index (χ2n) is 5.44. The van der Waals surface area contributed by atoms with Crippen LogP contribution >= 0.6 is 11.6 Å². The molecular weight excluding hydrogens is 295 g/mol. The summed E-state index contributed by atoms with van der Waals surface area (Å²) in [7, 11) is 0. The standard InChI is InChI=1S/C15H20ClFN2O2/c1-10-8-19(9-11(2)18-10)15(20)5-6-21-14-4-3-12(17)7-13(14)16/h3-4,7,10-11,18H,5-6,8-9H2,1-2H3/t10-,11-/m0/s1. The SMILES string of the molecule is C[C@H]1CN(C(=O)CCOc2ccc(F)cc2Cl)C[C@H](C)N1. The van der Waals surface area contributed by atoms with E-state index >= 15 is 0 Å². The lowest BCUT2D eigenvalue weighted by Crippen LogP contribution is -2.56. The van der Waals surface area contributed by atoms with E-state index in [9.17, 15) is 9.18 Å². The first-order valence-corrected chi connectivity index (χ1v) is 7.45. The van der Waals surface area contributed by atoms with Crippen LogP contribution in [0.25, 0.3) is 0 Å². The summed E-state index contributed by atoms with van der Waals surface area (Å²) in [5.41, 5.74) is 0. The number of carbonyl (C=O) groups excluding carboxylic acids is 1. The molecule has 1 amide bonds. The highest BCUT2D eigenvalue weighted by Gasteiger charge is 2.24. The highest BCUT2D eigenvalue weighted by atomic mass is 35.5. The summed E-state index contributed by atoms with van der Waals surface area (Å²) in [6.45, 7) is 5.77. The maximum Gasteiger partial charge on any atom is 0.226 e. The summed E-state index contributed by atoms with van der Waals surface area (Å²) in [5, 5.41) is 3.60. The number of ether oxygens (including phenoxy) is 1. The van der Waals surface area contributed by atoms with Gasteiger partial charge in [0.2, 0.25) is 5.91 Å². The molecule has 2 rings (SSSR count). The molecule has 0 aliphatic carbocycles. The first-order valence-electron chi connectivity index (χ1n) is 7.07. The molecule has 1 aliphatic heterocycles. The third kappa shape index (κ3) is 4.58. The van der Waals surface area contributed by atoms with Crippen LogP contribution in [-0.2, 0) is 4.79 Å². The zero-order chi connectivity index (χ0) is 15.4. The lowest BCUT2D eigenvalue weighted by Gasteiger charge is -2.36. The Bertz CT molecular complexity index is 502. The number of nitrogens with one attached hydrogen (secondary N) is 1. The van der Waals surface area contributed by atoms with Gasteiger partial charge in [-0.25, -0.2) is 4.39 Å². The topological polar surface area (TPSA) is 41.6 Å². The van der Waals surface area contributed by atoms with Crippen LogP contribution in [0.15, 0.2) is 18.2 Å². The molecule has 116 valence electrons. The molecule has 0 spiro atoms. The fraction of sp³-hybridized carbons (Fsp3) is 0.533. The van der Waals surface area contributed by atoms with Gasteiger partial charge in [0, 0.05) is 25.2 Å². The molecule has 0 bridgehead atoms. The van der Waals surface area contributed by atoms with E-state index in [-0.39, 0.29) is 24.0 Å². The minimum absolute atomic E-state index is 0.0634. The van der Waals surface area contributed by atoms with Crippen LogP contribution in [0.3, 0.4) is 0 Å². The lowest BCUT2D eigenvalue weighted by atomic mass is 10.1. The average molecular weight is 315 g/mol. The Morgan fingerprint density at radius 3 is 2.71 bits per heavy atom. The van der Waals surface area contributed by atoms with Gasteiger partial charge in [0.05, 0.1) is 18.1 Å². The number of nitrogens with zero attached hydrogens (tertiary/aromatic N) is 1. The Kier molecular flexibility index (Phi) is 5.42. The second kappa shape index (κ2) is 7.09. The van der Waals surface area contributed by atoms with Gasteiger partial charge in [-0.2, -0.15) is 0 Å². The Morgan fingerprint density at radius 1 is 1.43 bits per heavy atom. The zero-order valence-electron chi connectivity index (χ0n) is 12.2. The molecule has 1 aromatic carbocycles. The van der Waals surface area contributed by atoms with Crippen LogP contribution in [0.5, 0.6) is 5.75 Å². The maximum atomic E-state index is 12.9. The smallest absolute Gasteiger partial charge is 0.226 e. The molecule has 1 N–H and O–H groups in total. The minimum Gasteiger partial charge on any atom is -0.491 e. The lowest BCUT2D eigenvalue weighted by molar-refractivity contribution is -0.133. The van der Waals surface area contributed by atoms with Gasteiger partial charge in [-0.3, -0.25) is 4.79 Å². The van der Waals surface area contributed by atoms with Crippen molar-refractivity contribution in [3.8, 4) is 5.75 Å². The molecule has 2 atom stereocenters. The van der Waals surface area contributed by atoms with Crippen molar-refractivity contribution in [2.75, 3.05) is 19.7 Å². The number of hydrogen-bond donors (Lipinski definition) is 1. The van der Waals surface area contributed by atoms with Crippen molar-refractivity contribution < 1.29 is 13.9 Å². The summed E-state index contributed by atoms with van der Waals surface area (Å²) in [6, 6.07) is 4.54. The van der Waals surface area contributed by atoms with Crippen LogP contribution in [0.1, 0.15) is 20.3 Å². The number of amides is 1. The molecule has 1 heterocycles. The number of carbonyl (C=O) groups is 1. The van der Waals surface area contributed by atoms with Gasteiger partial charge < -0.3 is 15.0 Å². The maximum absolute atomic E-state index is 12.9. The van der Waals surface area contributed by atoms with Crippen molar-refractivity contribution >= 4 is 17.5 Å². The summed E-state index contributed by atoms with van der Waals surface area (Å²) >= 11 is 5.86. The molecular formula is C15H20ClFN2O2. The van der Waals surface area contributed by atoms with Crippen LogP contribution < -0.4 is 10.1 Å². The molecule has 0 unspecified atom stereocenters. The van der Waals surface area contributed by atoms with Crippen molar-refractivity contribution in [3.05, 3.63) is 29.0 Å². The Balaban J connectivity index is 1.81. The first-order chi connectivity index (χ1) is 9.95.